The molecule has 1 aromatic carbocycles. The maximum absolute atomic E-state index is 13.1. The molecule has 0 aliphatic carbocycles. The van der Waals surface area contributed by atoms with Gasteiger partial charge >= 0.3 is 11.9 Å². The Labute approximate surface area is 189 Å². The van der Waals surface area contributed by atoms with Crippen molar-refractivity contribution in [3.05, 3.63) is 70.0 Å². The van der Waals surface area contributed by atoms with E-state index in [0.29, 0.717) is 44.1 Å². The predicted molar refractivity (Wildman–Crippen MR) is 118 cm³/mol. The largest absolute Gasteiger partial charge is 0.458 e. The van der Waals surface area contributed by atoms with Crippen LogP contribution in [0.15, 0.2) is 64.5 Å². The van der Waals surface area contributed by atoms with Crippen molar-refractivity contribution in [3.8, 4) is 11.5 Å². The fourth-order valence-corrected chi connectivity index (χ4v) is 4.15. The summed E-state index contributed by atoms with van der Waals surface area (Å²) in [5.74, 6) is -0.711. The fraction of sp³-hybridized carbons (Fsp3) is 0.304. The summed E-state index contributed by atoms with van der Waals surface area (Å²) >= 11 is 3.57. The molecule has 7 nitrogen and oxygen atoms in total. The van der Waals surface area contributed by atoms with E-state index in [0.717, 1.165) is 0 Å². The van der Waals surface area contributed by atoms with E-state index in [1.54, 1.807) is 24.1 Å². The van der Waals surface area contributed by atoms with Crippen LogP contribution in [0, 0.1) is 0 Å². The Morgan fingerprint density at radius 3 is 2.03 bits per heavy atom. The smallest absolute Gasteiger partial charge is 0.337 e. The molecule has 0 radical (unpaired) electrons. The molecule has 0 saturated heterocycles. The monoisotopic (exact) mass is 489 g/mol. The number of allylic oxidation sites excluding steroid dienone is 2. The van der Waals surface area contributed by atoms with Crippen molar-refractivity contribution in [2.24, 2.45) is 0 Å². The molecule has 0 saturated carbocycles. The molecule has 0 atom stereocenters. The van der Waals surface area contributed by atoms with Gasteiger partial charge in [0.2, 0.25) is 6.79 Å². The van der Waals surface area contributed by atoms with E-state index in [1.165, 1.54) is 12.2 Å². The van der Waals surface area contributed by atoms with Gasteiger partial charge < -0.3 is 23.8 Å². The van der Waals surface area contributed by atoms with Crippen LogP contribution in [0.1, 0.15) is 25.3 Å². The zero-order valence-electron chi connectivity index (χ0n) is 17.7. The van der Waals surface area contributed by atoms with Crippen LogP contribution < -0.4 is 9.47 Å². The van der Waals surface area contributed by atoms with Gasteiger partial charge in [-0.3, -0.25) is 0 Å². The van der Waals surface area contributed by atoms with Crippen molar-refractivity contribution in [1.82, 2.24) is 4.90 Å². The molecule has 1 aromatic rings. The Morgan fingerprint density at radius 1 is 1.06 bits per heavy atom. The first-order valence-corrected chi connectivity index (χ1v) is 10.4. The Bertz CT molecular complexity index is 962. The van der Waals surface area contributed by atoms with Crippen LogP contribution in [-0.2, 0) is 19.1 Å². The number of fused-ring (bicyclic) bond motifs is 1. The third-order valence-electron chi connectivity index (χ3n) is 5.27. The lowest BCUT2D eigenvalue weighted by Crippen LogP contribution is -2.33. The topological polar surface area (TPSA) is 74.3 Å². The number of hydrogen-bond donors (Lipinski definition) is 0. The quantitative estimate of drug-likeness (QED) is 0.419. The number of hydrogen-bond acceptors (Lipinski definition) is 7. The molecule has 0 N–H and O–H groups in total. The normalized spacial score (nSPS) is 15.8. The number of carbonyl (C=O) groups is 2. The van der Waals surface area contributed by atoms with Crippen LogP contribution in [0.4, 0.5) is 0 Å². The van der Waals surface area contributed by atoms with Gasteiger partial charge in [0, 0.05) is 22.9 Å². The number of ether oxygens (including phenoxy) is 4. The standard InChI is InChI=1S/C23H24BrNO6/c1-6-8-28-22(26)19-13(3)25(5)14(4)20(23(27)29-9-7-2)21(19)15-10-17-18(11-16(15)24)31-12-30-17/h6-7,10-11,21H,1-2,8-9,12H2,3-5H3. The van der Waals surface area contributed by atoms with E-state index in [2.05, 4.69) is 29.1 Å². The zero-order valence-corrected chi connectivity index (χ0v) is 19.3. The van der Waals surface area contributed by atoms with E-state index in [4.69, 9.17) is 18.9 Å². The van der Waals surface area contributed by atoms with Gasteiger partial charge in [0.15, 0.2) is 11.5 Å². The number of rotatable bonds is 7. The molecule has 2 aliphatic heterocycles. The molecule has 164 valence electrons. The predicted octanol–water partition coefficient (Wildman–Crippen LogP) is 4.21. The Hall–Kier alpha value is -3.00. The number of esters is 2. The minimum absolute atomic E-state index is 0.0489. The highest BCUT2D eigenvalue weighted by Crippen LogP contribution is 2.48. The maximum Gasteiger partial charge on any atom is 0.337 e. The summed E-state index contributed by atoms with van der Waals surface area (Å²) in [5.41, 5.74) is 2.66. The van der Waals surface area contributed by atoms with Crippen LogP contribution in [0.5, 0.6) is 11.5 Å². The first kappa shape index (κ1) is 22.7. The summed E-state index contributed by atoms with van der Waals surface area (Å²) in [6, 6.07) is 3.53. The Morgan fingerprint density at radius 2 is 1.55 bits per heavy atom. The summed E-state index contributed by atoms with van der Waals surface area (Å²) in [4.78, 5) is 28.0. The molecule has 0 unspecified atom stereocenters. The first-order valence-electron chi connectivity index (χ1n) is 9.62. The molecular formula is C23H24BrNO6. The second-order valence-corrected chi connectivity index (χ2v) is 7.85. The summed E-state index contributed by atoms with van der Waals surface area (Å²) < 4.78 is 22.4. The van der Waals surface area contributed by atoms with Crippen molar-refractivity contribution in [1.29, 1.82) is 0 Å². The minimum Gasteiger partial charge on any atom is -0.458 e. The lowest BCUT2D eigenvalue weighted by molar-refractivity contribution is -0.139. The molecule has 0 bridgehead atoms. The van der Waals surface area contributed by atoms with Crippen molar-refractivity contribution in [3.63, 3.8) is 0 Å². The first-order chi connectivity index (χ1) is 14.8. The van der Waals surface area contributed by atoms with Crippen LogP contribution in [0.25, 0.3) is 0 Å². The van der Waals surface area contributed by atoms with E-state index in [9.17, 15) is 9.59 Å². The number of nitrogens with zero attached hydrogens (tertiary/aromatic N) is 1. The fourth-order valence-electron chi connectivity index (χ4n) is 3.60. The molecule has 0 spiro atoms. The third-order valence-corrected chi connectivity index (χ3v) is 5.96. The molecule has 8 heteroatoms. The average Bonchev–Trinajstić information content (AvgIpc) is 3.20. The lowest BCUT2D eigenvalue weighted by atomic mass is 9.79. The highest BCUT2D eigenvalue weighted by Gasteiger charge is 2.41. The second kappa shape index (κ2) is 9.43. The third kappa shape index (κ3) is 4.25. The van der Waals surface area contributed by atoms with Gasteiger partial charge in [0.05, 0.1) is 17.1 Å². The summed E-state index contributed by atoms with van der Waals surface area (Å²) in [7, 11) is 1.79. The molecule has 0 fully saturated rings. The highest BCUT2D eigenvalue weighted by molar-refractivity contribution is 9.10. The van der Waals surface area contributed by atoms with E-state index in [-0.39, 0.29) is 20.0 Å². The molecule has 2 heterocycles. The number of carbonyl (C=O) groups excluding carboxylic acids is 2. The van der Waals surface area contributed by atoms with E-state index < -0.39 is 17.9 Å². The van der Waals surface area contributed by atoms with Gasteiger partial charge in [-0.05, 0) is 31.5 Å². The van der Waals surface area contributed by atoms with Gasteiger partial charge in [0.25, 0.3) is 0 Å². The van der Waals surface area contributed by atoms with Gasteiger partial charge in [-0.25, -0.2) is 9.59 Å². The highest BCUT2D eigenvalue weighted by atomic mass is 79.9. The van der Waals surface area contributed by atoms with Crippen molar-refractivity contribution >= 4 is 27.9 Å². The Balaban J connectivity index is 2.22. The van der Waals surface area contributed by atoms with E-state index >= 15 is 0 Å². The lowest BCUT2D eigenvalue weighted by Gasteiger charge is -2.36. The van der Waals surface area contributed by atoms with Gasteiger partial charge in [-0.2, -0.15) is 0 Å². The molecule has 31 heavy (non-hydrogen) atoms. The number of benzene rings is 1. The Kier molecular flexibility index (Phi) is 6.90. The van der Waals surface area contributed by atoms with Crippen LogP contribution in [-0.4, -0.2) is 43.9 Å². The molecular weight excluding hydrogens is 466 g/mol. The molecule has 3 rings (SSSR count). The van der Waals surface area contributed by atoms with Crippen molar-refractivity contribution in [2.75, 3.05) is 27.1 Å². The second-order valence-electron chi connectivity index (χ2n) is 6.99. The zero-order chi connectivity index (χ0) is 22.7. The van der Waals surface area contributed by atoms with Crippen LogP contribution in [0.3, 0.4) is 0 Å². The van der Waals surface area contributed by atoms with Gasteiger partial charge in [0.1, 0.15) is 13.2 Å². The minimum atomic E-state index is -0.741. The summed E-state index contributed by atoms with van der Waals surface area (Å²) in [5, 5.41) is 0. The van der Waals surface area contributed by atoms with Gasteiger partial charge in [-0.15, -0.1) is 0 Å². The van der Waals surface area contributed by atoms with Crippen molar-refractivity contribution < 1.29 is 28.5 Å². The van der Waals surface area contributed by atoms with Crippen LogP contribution in [0.2, 0.25) is 0 Å². The number of halogens is 1. The SMILES string of the molecule is C=CCOC(=O)C1=C(C)N(C)C(C)=C(C(=O)OCC=C)C1c1cc2c(cc1Br)OCO2. The van der Waals surface area contributed by atoms with E-state index in [1.807, 2.05) is 13.8 Å². The van der Waals surface area contributed by atoms with Crippen molar-refractivity contribution in [2.45, 2.75) is 19.8 Å². The molecule has 0 aromatic heterocycles. The molecule has 2 aliphatic rings. The molecule has 0 amide bonds. The average molecular weight is 490 g/mol. The maximum atomic E-state index is 13.1. The van der Waals surface area contributed by atoms with Crippen LogP contribution >= 0.6 is 15.9 Å². The summed E-state index contributed by atoms with van der Waals surface area (Å²) in [6.45, 7) is 11.0. The summed E-state index contributed by atoms with van der Waals surface area (Å²) in [6.07, 6.45) is 2.98. The van der Waals surface area contributed by atoms with Gasteiger partial charge in [-0.1, -0.05) is 41.2 Å².